The number of aryl methyl sites for hydroxylation is 1. The van der Waals surface area contributed by atoms with Gasteiger partial charge in [0, 0.05) is 41.8 Å². The van der Waals surface area contributed by atoms with Crippen LogP contribution >= 0.6 is 44.8 Å². The molecule has 0 bridgehead atoms. The Kier molecular flexibility index (Phi) is 10.5. The van der Waals surface area contributed by atoms with Gasteiger partial charge in [0.2, 0.25) is 5.91 Å². The number of nitrogens with one attached hydrogen (secondary N) is 1. The fraction of sp³-hybridized carbons (Fsp3) is 0.379. The molecule has 12 heteroatoms. The van der Waals surface area contributed by atoms with Crippen molar-refractivity contribution in [1.29, 1.82) is 0 Å². The lowest BCUT2D eigenvalue weighted by Gasteiger charge is -2.08. The standard InChI is InChI=1S/C29H30Cl2N4O4S2/c30-25-9-7-19(15-26(25)31)24-14-20-6-8-22(16-27(20)39-29(24)37)38-12-3-11-35-18-21(33-34-35)17-32-28(36)5-2-1-4-23-10-13-40-41-23/h6-9,14-16,18,23H,1-5,10-13,17H2,(H,32,36). The minimum atomic E-state index is -0.469. The van der Waals surface area contributed by atoms with Crippen molar-refractivity contribution in [2.45, 2.75) is 56.9 Å². The normalized spacial score (nSPS) is 14.9. The molecule has 2 aromatic carbocycles. The monoisotopic (exact) mass is 632 g/mol. The molecule has 1 amide bonds. The minimum absolute atomic E-state index is 0.0539. The van der Waals surface area contributed by atoms with Crippen LogP contribution in [0, 0.1) is 0 Å². The molecule has 1 aliphatic rings. The number of halogens is 2. The van der Waals surface area contributed by atoms with Crippen LogP contribution in [0.4, 0.5) is 0 Å². The van der Waals surface area contributed by atoms with E-state index in [9.17, 15) is 9.59 Å². The van der Waals surface area contributed by atoms with Crippen LogP contribution in [0.25, 0.3) is 22.1 Å². The lowest BCUT2D eigenvalue weighted by molar-refractivity contribution is -0.121. The Balaban J connectivity index is 1.04. The summed E-state index contributed by atoms with van der Waals surface area (Å²) >= 11 is 12.1. The van der Waals surface area contributed by atoms with Crippen LogP contribution in [-0.4, -0.2) is 38.5 Å². The summed E-state index contributed by atoms with van der Waals surface area (Å²) in [5.41, 5.74) is 1.74. The Bertz CT molecular complexity index is 1560. The maximum absolute atomic E-state index is 12.6. The lowest BCUT2D eigenvalue weighted by atomic mass is 10.1. The summed E-state index contributed by atoms with van der Waals surface area (Å²) in [4.78, 5) is 24.8. The summed E-state index contributed by atoms with van der Waals surface area (Å²) in [6, 6.07) is 12.2. The topological polar surface area (TPSA) is 99.2 Å². The number of ether oxygens (including phenoxy) is 1. The number of benzene rings is 2. The molecule has 0 aliphatic carbocycles. The highest BCUT2D eigenvalue weighted by Crippen LogP contribution is 2.40. The van der Waals surface area contributed by atoms with Crippen molar-refractivity contribution >= 4 is 61.7 Å². The largest absolute Gasteiger partial charge is 0.493 e. The van der Waals surface area contributed by atoms with Crippen molar-refractivity contribution < 1.29 is 13.9 Å². The first kappa shape index (κ1) is 29.8. The van der Waals surface area contributed by atoms with Crippen LogP contribution in [0.15, 0.2) is 57.9 Å². The molecule has 3 heterocycles. The minimum Gasteiger partial charge on any atom is -0.493 e. The summed E-state index contributed by atoms with van der Waals surface area (Å²) in [7, 11) is 3.95. The van der Waals surface area contributed by atoms with Crippen molar-refractivity contribution in [2.24, 2.45) is 0 Å². The predicted molar refractivity (Wildman–Crippen MR) is 167 cm³/mol. The van der Waals surface area contributed by atoms with Crippen LogP contribution in [0.2, 0.25) is 10.0 Å². The van der Waals surface area contributed by atoms with Crippen molar-refractivity contribution in [2.75, 3.05) is 12.4 Å². The van der Waals surface area contributed by atoms with Crippen LogP contribution < -0.4 is 15.7 Å². The number of fused-ring (bicyclic) bond motifs is 1. The van der Waals surface area contributed by atoms with E-state index in [2.05, 4.69) is 15.6 Å². The first-order valence-corrected chi connectivity index (χ1v) is 16.7. The number of hydrogen-bond donors (Lipinski definition) is 1. The Morgan fingerprint density at radius 2 is 2.02 bits per heavy atom. The zero-order valence-corrected chi connectivity index (χ0v) is 25.5. The van der Waals surface area contributed by atoms with E-state index in [1.807, 2.05) is 39.9 Å². The smallest absolute Gasteiger partial charge is 0.344 e. The molecule has 1 N–H and O–H groups in total. The Labute approximate surface area is 255 Å². The quantitative estimate of drug-likeness (QED) is 0.0941. The van der Waals surface area contributed by atoms with Crippen LogP contribution in [0.1, 0.15) is 44.2 Å². The third-order valence-corrected chi connectivity index (χ3v) is 10.4. The predicted octanol–water partition coefficient (Wildman–Crippen LogP) is 7.16. The van der Waals surface area contributed by atoms with Gasteiger partial charge in [0.25, 0.3) is 0 Å². The van der Waals surface area contributed by atoms with Crippen LogP contribution in [-0.2, 0) is 17.9 Å². The summed E-state index contributed by atoms with van der Waals surface area (Å²) in [6.45, 7) is 1.44. The molecule has 216 valence electrons. The van der Waals surface area contributed by atoms with Crippen molar-refractivity contribution in [3.8, 4) is 16.9 Å². The molecule has 0 spiro atoms. The maximum Gasteiger partial charge on any atom is 0.344 e. The van der Waals surface area contributed by atoms with Gasteiger partial charge in [-0.25, -0.2) is 4.79 Å². The number of nitrogens with zero attached hydrogens (tertiary/aromatic N) is 3. The zero-order valence-electron chi connectivity index (χ0n) is 22.3. The molecule has 1 fully saturated rings. The number of aromatic nitrogens is 3. The molecule has 0 radical (unpaired) electrons. The highest BCUT2D eigenvalue weighted by molar-refractivity contribution is 8.77. The molecule has 1 saturated heterocycles. The number of carbonyl (C=O) groups is 1. The molecular weight excluding hydrogens is 603 g/mol. The van der Waals surface area contributed by atoms with Gasteiger partial charge in [-0.05, 0) is 55.2 Å². The Morgan fingerprint density at radius 1 is 1.12 bits per heavy atom. The van der Waals surface area contributed by atoms with Crippen LogP contribution in [0.3, 0.4) is 0 Å². The molecule has 41 heavy (non-hydrogen) atoms. The second kappa shape index (κ2) is 14.5. The highest BCUT2D eigenvalue weighted by Gasteiger charge is 2.16. The first-order valence-electron chi connectivity index (χ1n) is 13.5. The molecule has 2 aromatic heterocycles. The molecule has 5 rings (SSSR count). The summed E-state index contributed by atoms with van der Waals surface area (Å²) in [5.74, 6) is 1.91. The van der Waals surface area contributed by atoms with E-state index >= 15 is 0 Å². The Morgan fingerprint density at radius 3 is 2.85 bits per heavy atom. The molecular formula is C29H30Cl2N4O4S2. The van der Waals surface area contributed by atoms with Gasteiger partial charge in [-0.15, -0.1) is 5.10 Å². The van der Waals surface area contributed by atoms with Gasteiger partial charge in [0.05, 0.1) is 35.0 Å². The zero-order chi connectivity index (χ0) is 28.6. The van der Waals surface area contributed by atoms with E-state index in [-0.39, 0.29) is 5.91 Å². The average Bonchev–Trinajstić information content (AvgIpc) is 3.66. The number of carbonyl (C=O) groups excluding carboxylic acids is 1. The third kappa shape index (κ3) is 8.44. The van der Waals surface area contributed by atoms with Gasteiger partial charge in [-0.3, -0.25) is 9.48 Å². The van der Waals surface area contributed by atoms with E-state index in [0.29, 0.717) is 65.0 Å². The van der Waals surface area contributed by atoms with E-state index < -0.39 is 5.63 Å². The first-order chi connectivity index (χ1) is 19.9. The number of rotatable bonds is 13. The number of amides is 1. The van der Waals surface area contributed by atoms with Crippen LogP contribution in [0.5, 0.6) is 5.75 Å². The van der Waals surface area contributed by atoms with Crippen molar-refractivity contribution in [1.82, 2.24) is 20.3 Å². The summed E-state index contributed by atoms with van der Waals surface area (Å²) in [5, 5.41) is 13.5. The second-order valence-electron chi connectivity index (χ2n) is 9.80. The van der Waals surface area contributed by atoms with Gasteiger partial charge in [-0.1, -0.05) is 62.5 Å². The lowest BCUT2D eigenvalue weighted by Crippen LogP contribution is -2.22. The molecule has 1 atom stereocenters. The maximum atomic E-state index is 12.6. The number of unbranched alkanes of at least 4 members (excludes halogenated alkanes) is 1. The van der Waals surface area contributed by atoms with E-state index in [1.54, 1.807) is 35.0 Å². The summed E-state index contributed by atoms with van der Waals surface area (Å²) < 4.78 is 13.2. The van der Waals surface area contributed by atoms with Gasteiger partial charge < -0.3 is 14.5 Å². The van der Waals surface area contributed by atoms with Gasteiger partial charge >= 0.3 is 5.63 Å². The fourth-order valence-electron chi connectivity index (χ4n) is 4.49. The second-order valence-corrected chi connectivity index (χ2v) is 13.4. The molecule has 1 aliphatic heterocycles. The molecule has 4 aromatic rings. The van der Waals surface area contributed by atoms with Gasteiger partial charge in [0.15, 0.2) is 0 Å². The van der Waals surface area contributed by atoms with Crippen molar-refractivity contribution in [3.63, 3.8) is 0 Å². The highest BCUT2D eigenvalue weighted by atomic mass is 35.5. The SMILES string of the molecule is O=C(CCCCC1CCSS1)NCc1cn(CCCOc2ccc3cc(-c4ccc(Cl)c(Cl)c4)c(=O)oc3c2)nn1. The van der Waals surface area contributed by atoms with Crippen molar-refractivity contribution in [3.05, 3.63) is 74.8 Å². The Hall–Kier alpha value is -2.66. The van der Waals surface area contributed by atoms with E-state index in [4.69, 9.17) is 32.4 Å². The van der Waals surface area contributed by atoms with Gasteiger partial charge in [-0.2, -0.15) is 0 Å². The van der Waals surface area contributed by atoms with E-state index in [1.165, 1.54) is 18.6 Å². The average molecular weight is 634 g/mol. The van der Waals surface area contributed by atoms with E-state index in [0.717, 1.165) is 29.2 Å². The van der Waals surface area contributed by atoms with Gasteiger partial charge in [0.1, 0.15) is 17.0 Å². The molecule has 0 saturated carbocycles. The third-order valence-electron chi connectivity index (χ3n) is 6.70. The fourth-order valence-corrected chi connectivity index (χ4v) is 7.82. The molecule has 8 nitrogen and oxygen atoms in total. The summed E-state index contributed by atoms with van der Waals surface area (Å²) in [6.07, 6.45) is 7.59. The molecule has 1 unspecified atom stereocenters. The number of hydrogen-bond acceptors (Lipinski definition) is 8.